The minimum atomic E-state index is -0.835. The normalized spacial score (nSPS) is 29.1. The summed E-state index contributed by atoms with van der Waals surface area (Å²) in [6, 6.07) is 2.08. The molecule has 2 heterocycles. The number of piperidine rings is 1. The van der Waals surface area contributed by atoms with Gasteiger partial charge in [-0.2, -0.15) is 0 Å². The van der Waals surface area contributed by atoms with E-state index in [9.17, 15) is 4.39 Å². The van der Waals surface area contributed by atoms with Crippen LogP contribution in [-0.4, -0.2) is 12.8 Å². The molecule has 0 bridgehead atoms. The van der Waals surface area contributed by atoms with E-state index in [1.165, 1.54) is 5.56 Å². The van der Waals surface area contributed by atoms with Gasteiger partial charge in [-0.1, -0.05) is 0 Å². The highest BCUT2D eigenvalue weighted by Gasteiger charge is 2.23. The third-order valence-electron chi connectivity index (χ3n) is 2.57. The molecule has 1 aliphatic rings. The highest BCUT2D eigenvalue weighted by atomic mass is 32.1. The lowest BCUT2D eigenvalue weighted by Gasteiger charge is -2.25. The minimum absolute atomic E-state index is 0.370. The Morgan fingerprint density at radius 1 is 1.62 bits per heavy atom. The van der Waals surface area contributed by atoms with E-state index in [2.05, 4.69) is 18.3 Å². The molecule has 71 valence electrons. The fourth-order valence-corrected chi connectivity index (χ4v) is 2.61. The van der Waals surface area contributed by atoms with Crippen LogP contribution in [0.25, 0.3) is 0 Å². The molecule has 1 aromatic rings. The molecule has 1 N–H and O–H groups in total. The number of nitrogens with one attached hydrogen (secondary N) is 1. The molecule has 1 aromatic heterocycles. The van der Waals surface area contributed by atoms with Crippen molar-refractivity contribution in [2.24, 2.45) is 0 Å². The largest absolute Gasteiger partial charge is 0.288 e. The smallest absolute Gasteiger partial charge is 0.151 e. The lowest BCUT2D eigenvalue weighted by atomic mass is 9.90. The summed E-state index contributed by atoms with van der Waals surface area (Å²) in [4.78, 5) is 1.10. The van der Waals surface area contributed by atoms with Crippen molar-refractivity contribution in [2.45, 2.75) is 25.1 Å². The number of thiophene rings is 1. The zero-order chi connectivity index (χ0) is 9.26. The first-order chi connectivity index (χ1) is 6.27. The van der Waals surface area contributed by atoms with Crippen molar-refractivity contribution in [3.05, 3.63) is 28.8 Å². The van der Waals surface area contributed by atoms with Gasteiger partial charge in [-0.3, -0.25) is 5.32 Å². The van der Waals surface area contributed by atoms with Crippen LogP contribution in [0.4, 0.5) is 4.39 Å². The molecule has 13 heavy (non-hydrogen) atoms. The van der Waals surface area contributed by atoms with Gasteiger partial charge < -0.3 is 0 Å². The Hall–Kier alpha value is -0.410. The van der Waals surface area contributed by atoms with E-state index in [0.29, 0.717) is 12.3 Å². The molecule has 2 rings (SSSR count). The zero-order valence-corrected chi connectivity index (χ0v) is 8.24. The third-order valence-corrected chi connectivity index (χ3v) is 3.36. The molecule has 1 saturated heterocycles. The van der Waals surface area contributed by atoms with Gasteiger partial charge in [0.05, 0.1) is 0 Å². The Labute approximate surface area is 82.0 Å². The summed E-state index contributed by atoms with van der Waals surface area (Å²) >= 11 is 1.65. The topological polar surface area (TPSA) is 12.0 Å². The molecule has 1 nitrogen and oxygen atoms in total. The molecule has 0 spiro atoms. The van der Waals surface area contributed by atoms with Crippen molar-refractivity contribution >= 4 is 11.3 Å². The second kappa shape index (κ2) is 3.76. The molecule has 0 aliphatic carbocycles. The van der Waals surface area contributed by atoms with E-state index >= 15 is 0 Å². The van der Waals surface area contributed by atoms with Crippen molar-refractivity contribution in [1.29, 1.82) is 0 Å². The highest BCUT2D eigenvalue weighted by molar-refractivity contribution is 7.10. The molecule has 2 unspecified atom stereocenters. The van der Waals surface area contributed by atoms with Crippen LogP contribution in [-0.2, 0) is 0 Å². The number of halogens is 1. The highest BCUT2D eigenvalue weighted by Crippen LogP contribution is 2.32. The number of alkyl halides is 1. The van der Waals surface area contributed by atoms with Crippen LogP contribution in [0.1, 0.15) is 29.2 Å². The van der Waals surface area contributed by atoms with Crippen LogP contribution < -0.4 is 5.32 Å². The van der Waals surface area contributed by atoms with Gasteiger partial charge in [-0.25, -0.2) is 4.39 Å². The molecule has 1 fully saturated rings. The lowest BCUT2D eigenvalue weighted by molar-refractivity contribution is 0.206. The fraction of sp³-hybridized carbons (Fsp3) is 0.500. The van der Waals surface area contributed by atoms with Crippen molar-refractivity contribution in [3.63, 3.8) is 0 Å². The fourth-order valence-electron chi connectivity index (χ4n) is 1.86. The molecule has 0 saturated carbocycles. The second-order valence-electron chi connectivity index (χ2n) is 3.44. The molecule has 0 aromatic carbocycles. The Morgan fingerprint density at radius 3 is 3.08 bits per heavy atom. The van der Waals surface area contributed by atoms with Crippen LogP contribution in [0.15, 0.2) is 11.4 Å². The maximum Gasteiger partial charge on any atom is 0.151 e. The van der Waals surface area contributed by atoms with Gasteiger partial charge in [0.15, 0.2) is 6.30 Å². The summed E-state index contributed by atoms with van der Waals surface area (Å²) in [5, 5.41) is 4.84. The maximum absolute atomic E-state index is 13.0. The van der Waals surface area contributed by atoms with Crippen LogP contribution in [0.2, 0.25) is 0 Å². The van der Waals surface area contributed by atoms with Crippen molar-refractivity contribution in [3.8, 4) is 0 Å². The molecule has 1 aliphatic heterocycles. The molecule has 3 heteroatoms. The van der Waals surface area contributed by atoms with E-state index in [0.717, 1.165) is 17.8 Å². The van der Waals surface area contributed by atoms with E-state index < -0.39 is 6.30 Å². The minimum Gasteiger partial charge on any atom is -0.288 e. The van der Waals surface area contributed by atoms with E-state index in [1.54, 1.807) is 11.3 Å². The Kier molecular flexibility index (Phi) is 2.65. The molecule has 1 radical (unpaired) electrons. The summed E-state index contributed by atoms with van der Waals surface area (Å²) < 4.78 is 13.0. The summed E-state index contributed by atoms with van der Waals surface area (Å²) in [6.45, 7) is 4.74. The number of hydrogen-bond acceptors (Lipinski definition) is 2. The quantitative estimate of drug-likeness (QED) is 0.684. The molecular formula is C10H13FNS. The Balaban J connectivity index is 2.12. The predicted molar refractivity (Wildman–Crippen MR) is 53.7 cm³/mol. The zero-order valence-electron chi connectivity index (χ0n) is 7.42. The van der Waals surface area contributed by atoms with E-state index in [-0.39, 0.29) is 0 Å². The van der Waals surface area contributed by atoms with Crippen LogP contribution in [0.5, 0.6) is 0 Å². The summed E-state index contributed by atoms with van der Waals surface area (Å²) in [7, 11) is 0. The Bertz CT molecular complexity index is 284. The van der Waals surface area contributed by atoms with Gasteiger partial charge in [0.1, 0.15) is 0 Å². The van der Waals surface area contributed by atoms with Crippen molar-refractivity contribution in [1.82, 2.24) is 5.32 Å². The van der Waals surface area contributed by atoms with Crippen molar-refractivity contribution < 1.29 is 4.39 Å². The van der Waals surface area contributed by atoms with Gasteiger partial charge >= 0.3 is 0 Å². The van der Waals surface area contributed by atoms with Gasteiger partial charge in [-0.15, -0.1) is 11.3 Å². The van der Waals surface area contributed by atoms with Crippen LogP contribution in [0.3, 0.4) is 0 Å². The first kappa shape index (κ1) is 9.16. The Morgan fingerprint density at radius 2 is 2.46 bits per heavy atom. The van der Waals surface area contributed by atoms with Crippen molar-refractivity contribution in [2.75, 3.05) is 6.54 Å². The lowest BCUT2D eigenvalue weighted by Crippen LogP contribution is -2.33. The SMILES string of the molecule is [CH2]c1sccc1C1CCNC(F)C1. The van der Waals surface area contributed by atoms with Crippen LogP contribution >= 0.6 is 11.3 Å². The standard InChI is InChI=1S/C10H13FNS/c1-7-9(3-5-13-7)8-2-4-12-10(11)6-8/h3,5,8,10,12H,1-2,4,6H2. The summed E-state index contributed by atoms with van der Waals surface area (Å²) in [5.41, 5.74) is 1.24. The monoisotopic (exact) mass is 198 g/mol. The molecule has 0 amide bonds. The van der Waals surface area contributed by atoms with E-state index in [1.807, 2.05) is 5.38 Å². The van der Waals surface area contributed by atoms with Gasteiger partial charge in [-0.05, 0) is 49.2 Å². The predicted octanol–water partition coefficient (Wildman–Crippen LogP) is 2.69. The average Bonchev–Trinajstić information content (AvgIpc) is 2.51. The van der Waals surface area contributed by atoms with Gasteiger partial charge in [0, 0.05) is 4.88 Å². The van der Waals surface area contributed by atoms with Crippen LogP contribution in [0, 0.1) is 6.92 Å². The van der Waals surface area contributed by atoms with Gasteiger partial charge in [0.2, 0.25) is 0 Å². The van der Waals surface area contributed by atoms with E-state index in [4.69, 9.17) is 0 Å². The summed E-state index contributed by atoms with van der Waals surface area (Å²) in [5.74, 6) is 0.370. The second-order valence-corrected chi connectivity index (χ2v) is 4.44. The maximum atomic E-state index is 13.0. The molecular weight excluding hydrogens is 185 g/mol. The molecule has 2 atom stereocenters. The van der Waals surface area contributed by atoms with Gasteiger partial charge in [0.25, 0.3) is 0 Å². The average molecular weight is 198 g/mol. The third kappa shape index (κ3) is 1.92. The number of rotatable bonds is 1. The summed E-state index contributed by atoms with van der Waals surface area (Å²) in [6.07, 6.45) is 0.789. The number of hydrogen-bond donors (Lipinski definition) is 1. The first-order valence-electron chi connectivity index (χ1n) is 4.54. The first-order valence-corrected chi connectivity index (χ1v) is 5.42.